The lowest BCUT2D eigenvalue weighted by Gasteiger charge is -1.97. The van der Waals surface area contributed by atoms with E-state index in [9.17, 15) is 0 Å². The Morgan fingerprint density at radius 3 is 2.74 bits per heavy atom. The molecule has 0 radical (unpaired) electrons. The minimum absolute atomic E-state index is 0.488. The van der Waals surface area contributed by atoms with Crippen LogP contribution in [-0.4, -0.2) is 15.0 Å². The summed E-state index contributed by atoms with van der Waals surface area (Å²) in [5, 5.41) is 1.35. The SMILES string of the molecule is Cc1cccc(-c2sc(-c3cccnc3)nc2Cl)n1. The summed E-state index contributed by atoms with van der Waals surface area (Å²) in [5.74, 6) is 0. The van der Waals surface area contributed by atoms with E-state index in [-0.39, 0.29) is 0 Å². The monoisotopic (exact) mass is 287 g/mol. The number of rotatable bonds is 2. The molecular weight excluding hydrogens is 278 g/mol. The van der Waals surface area contributed by atoms with Crippen molar-refractivity contribution in [1.82, 2.24) is 15.0 Å². The van der Waals surface area contributed by atoms with E-state index in [4.69, 9.17) is 11.6 Å². The second-order valence-electron chi connectivity index (χ2n) is 4.04. The van der Waals surface area contributed by atoms with Crippen molar-refractivity contribution in [3.63, 3.8) is 0 Å². The van der Waals surface area contributed by atoms with Crippen LogP contribution in [0.3, 0.4) is 0 Å². The summed E-state index contributed by atoms with van der Waals surface area (Å²) in [5.41, 5.74) is 2.79. The topological polar surface area (TPSA) is 38.7 Å². The fourth-order valence-electron chi connectivity index (χ4n) is 1.74. The van der Waals surface area contributed by atoms with Gasteiger partial charge in [0.2, 0.25) is 0 Å². The zero-order valence-corrected chi connectivity index (χ0v) is 11.7. The lowest BCUT2D eigenvalue weighted by Crippen LogP contribution is -1.83. The first-order chi connectivity index (χ1) is 9.24. The molecule has 0 aliphatic carbocycles. The third-order valence-corrected chi connectivity index (χ3v) is 4.13. The van der Waals surface area contributed by atoms with Gasteiger partial charge in [-0.3, -0.25) is 9.97 Å². The Kier molecular flexibility index (Phi) is 3.27. The third-order valence-electron chi connectivity index (χ3n) is 2.62. The first kappa shape index (κ1) is 12.3. The molecule has 0 amide bonds. The molecule has 0 unspecified atom stereocenters. The molecule has 0 aromatic carbocycles. The molecule has 0 aliphatic rings. The highest BCUT2D eigenvalue weighted by Crippen LogP contribution is 2.36. The molecule has 0 N–H and O–H groups in total. The molecule has 3 aromatic heterocycles. The predicted molar refractivity (Wildman–Crippen MR) is 78.3 cm³/mol. The fraction of sp³-hybridized carbons (Fsp3) is 0.0714. The van der Waals surface area contributed by atoms with Gasteiger partial charge in [-0.25, -0.2) is 4.98 Å². The number of hydrogen-bond donors (Lipinski definition) is 0. The number of aromatic nitrogens is 3. The molecular formula is C14H10ClN3S. The molecule has 0 aliphatic heterocycles. The number of hydrogen-bond acceptors (Lipinski definition) is 4. The van der Waals surface area contributed by atoms with Gasteiger partial charge in [-0.05, 0) is 31.2 Å². The highest BCUT2D eigenvalue weighted by molar-refractivity contribution is 7.19. The van der Waals surface area contributed by atoms with Gasteiger partial charge in [0.15, 0.2) is 0 Å². The van der Waals surface area contributed by atoms with Gasteiger partial charge in [-0.15, -0.1) is 11.3 Å². The van der Waals surface area contributed by atoms with Gasteiger partial charge < -0.3 is 0 Å². The van der Waals surface area contributed by atoms with Crippen molar-refractivity contribution >= 4 is 22.9 Å². The molecule has 3 nitrogen and oxygen atoms in total. The maximum atomic E-state index is 6.22. The first-order valence-corrected chi connectivity index (χ1v) is 6.94. The van der Waals surface area contributed by atoms with Crippen molar-refractivity contribution in [1.29, 1.82) is 0 Å². The zero-order chi connectivity index (χ0) is 13.2. The van der Waals surface area contributed by atoms with Crippen molar-refractivity contribution < 1.29 is 0 Å². The van der Waals surface area contributed by atoms with Gasteiger partial charge in [-0.2, -0.15) is 0 Å². The molecule has 94 valence electrons. The van der Waals surface area contributed by atoms with Crippen LogP contribution >= 0.6 is 22.9 Å². The molecule has 0 fully saturated rings. The minimum Gasteiger partial charge on any atom is -0.264 e. The molecule has 0 saturated carbocycles. The molecule has 0 spiro atoms. The Morgan fingerprint density at radius 1 is 1.11 bits per heavy atom. The Morgan fingerprint density at radius 2 is 2.00 bits per heavy atom. The summed E-state index contributed by atoms with van der Waals surface area (Å²) in [7, 11) is 0. The molecule has 0 bridgehead atoms. The predicted octanol–water partition coefficient (Wildman–Crippen LogP) is 4.23. The van der Waals surface area contributed by atoms with E-state index < -0.39 is 0 Å². The van der Waals surface area contributed by atoms with Crippen molar-refractivity contribution in [3.8, 4) is 21.1 Å². The summed E-state index contributed by atoms with van der Waals surface area (Å²) in [4.78, 5) is 13.9. The standard InChI is InChI=1S/C14H10ClN3S/c1-9-4-2-6-11(17-9)12-13(15)18-14(19-12)10-5-3-7-16-8-10/h2-8H,1H3. The van der Waals surface area contributed by atoms with Gasteiger partial charge in [0.25, 0.3) is 0 Å². The van der Waals surface area contributed by atoms with E-state index in [1.807, 2.05) is 37.3 Å². The van der Waals surface area contributed by atoms with Gasteiger partial charge in [0.05, 0.1) is 10.6 Å². The Hall–Kier alpha value is -1.78. The summed E-state index contributed by atoms with van der Waals surface area (Å²) in [6.45, 7) is 1.96. The van der Waals surface area contributed by atoms with Gasteiger partial charge in [0, 0.05) is 23.7 Å². The lowest BCUT2D eigenvalue weighted by atomic mass is 10.3. The number of halogens is 1. The number of aryl methyl sites for hydroxylation is 1. The van der Waals surface area contributed by atoms with Crippen LogP contribution in [0.2, 0.25) is 5.15 Å². The third kappa shape index (κ3) is 2.50. The largest absolute Gasteiger partial charge is 0.264 e. The first-order valence-electron chi connectivity index (χ1n) is 5.75. The average Bonchev–Trinajstić information content (AvgIpc) is 2.82. The van der Waals surface area contributed by atoms with Crippen LogP contribution in [0.4, 0.5) is 0 Å². The molecule has 3 aromatic rings. The van der Waals surface area contributed by atoms with Crippen LogP contribution in [-0.2, 0) is 0 Å². The van der Waals surface area contributed by atoms with Crippen LogP contribution in [0.15, 0.2) is 42.7 Å². The van der Waals surface area contributed by atoms with E-state index in [0.29, 0.717) is 5.15 Å². The lowest BCUT2D eigenvalue weighted by molar-refractivity contribution is 1.21. The summed E-state index contributed by atoms with van der Waals surface area (Å²) < 4.78 is 0. The number of thiazole rings is 1. The van der Waals surface area contributed by atoms with Crippen LogP contribution < -0.4 is 0 Å². The molecule has 5 heteroatoms. The molecule has 0 atom stereocenters. The summed E-state index contributed by atoms with van der Waals surface area (Å²) >= 11 is 7.75. The van der Waals surface area contributed by atoms with Crippen LogP contribution in [0.1, 0.15) is 5.69 Å². The Bertz CT molecular complexity index is 710. The van der Waals surface area contributed by atoms with E-state index in [1.54, 1.807) is 12.4 Å². The molecule has 3 rings (SSSR count). The van der Waals surface area contributed by atoms with Crippen LogP contribution in [0, 0.1) is 6.92 Å². The molecule has 0 saturated heterocycles. The van der Waals surface area contributed by atoms with Crippen LogP contribution in [0.25, 0.3) is 21.1 Å². The Labute approximate surface area is 120 Å². The minimum atomic E-state index is 0.488. The van der Waals surface area contributed by atoms with Gasteiger partial charge >= 0.3 is 0 Å². The summed E-state index contributed by atoms with van der Waals surface area (Å²) in [6.07, 6.45) is 3.52. The van der Waals surface area contributed by atoms with E-state index in [0.717, 1.165) is 26.8 Å². The number of nitrogens with zero attached hydrogens (tertiary/aromatic N) is 3. The van der Waals surface area contributed by atoms with Crippen molar-refractivity contribution in [2.75, 3.05) is 0 Å². The van der Waals surface area contributed by atoms with Gasteiger partial charge in [-0.1, -0.05) is 17.7 Å². The van der Waals surface area contributed by atoms with Crippen molar-refractivity contribution in [2.24, 2.45) is 0 Å². The average molecular weight is 288 g/mol. The smallest absolute Gasteiger partial charge is 0.150 e. The van der Waals surface area contributed by atoms with E-state index >= 15 is 0 Å². The van der Waals surface area contributed by atoms with E-state index in [2.05, 4.69) is 15.0 Å². The van der Waals surface area contributed by atoms with Gasteiger partial charge in [0.1, 0.15) is 10.2 Å². The van der Waals surface area contributed by atoms with Crippen LogP contribution in [0.5, 0.6) is 0 Å². The maximum Gasteiger partial charge on any atom is 0.150 e. The van der Waals surface area contributed by atoms with Crippen molar-refractivity contribution in [2.45, 2.75) is 6.92 Å². The molecule has 19 heavy (non-hydrogen) atoms. The summed E-state index contributed by atoms with van der Waals surface area (Å²) in [6, 6.07) is 9.72. The highest BCUT2D eigenvalue weighted by Gasteiger charge is 2.13. The number of pyridine rings is 2. The molecule has 3 heterocycles. The normalized spacial score (nSPS) is 10.6. The quantitative estimate of drug-likeness (QED) is 0.708. The zero-order valence-electron chi connectivity index (χ0n) is 10.2. The second-order valence-corrected chi connectivity index (χ2v) is 5.40. The van der Waals surface area contributed by atoms with E-state index in [1.165, 1.54) is 11.3 Å². The fourth-order valence-corrected chi connectivity index (χ4v) is 3.01. The Balaban J connectivity index is 2.08. The maximum absolute atomic E-state index is 6.22. The second kappa shape index (κ2) is 5.07. The highest BCUT2D eigenvalue weighted by atomic mass is 35.5. The van der Waals surface area contributed by atoms with Crippen molar-refractivity contribution in [3.05, 3.63) is 53.6 Å².